The van der Waals surface area contributed by atoms with E-state index in [0.717, 1.165) is 0 Å². The minimum atomic E-state index is -1.09. The van der Waals surface area contributed by atoms with Crippen LogP contribution in [-0.4, -0.2) is 48.4 Å². The summed E-state index contributed by atoms with van der Waals surface area (Å²) in [6.45, 7) is 6.44. The third-order valence-electron chi connectivity index (χ3n) is 3.40. The van der Waals surface area contributed by atoms with E-state index in [2.05, 4.69) is 5.32 Å². The molecule has 1 N–H and O–H groups in total. The normalized spacial score (nSPS) is 15.1. The molecule has 6 heteroatoms. The summed E-state index contributed by atoms with van der Waals surface area (Å²) < 4.78 is 4.79. The van der Waals surface area contributed by atoms with Crippen LogP contribution in [0.2, 0.25) is 0 Å². The van der Waals surface area contributed by atoms with Crippen LogP contribution in [0.25, 0.3) is 0 Å². The van der Waals surface area contributed by atoms with Crippen molar-refractivity contribution in [3.05, 3.63) is 0 Å². The highest BCUT2D eigenvalue weighted by Gasteiger charge is 2.41. The largest absolute Gasteiger partial charge is 0.467 e. The molecule has 0 spiro atoms. The Bertz CT molecular complexity index is 357. The van der Waals surface area contributed by atoms with E-state index in [1.807, 2.05) is 6.92 Å². The Hall–Kier alpha value is -1.59. The van der Waals surface area contributed by atoms with Crippen LogP contribution in [0.4, 0.5) is 0 Å². The number of carbonyl (C=O) groups excluding carboxylic acids is 3. The van der Waals surface area contributed by atoms with Gasteiger partial charge in [0, 0.05) is 33.4 Å². The summed E-state index contributed by atoms with van der Waals surface area (Å²) in [5.41, 5.74) is -1.09. The Morgan fingerprint density at radius 2 is 1.84 bits per heavy atom. The van der Waals surface area contributed by atoms with Crippen LogP contribution in [0, 0.1) is 0 Å². The highest BCUT2D eigenvalue weighted by molar-refractivity contribution is 5.87. The molecule has 0 aromatic carbocycles. The summed E-state index contributed by atoms with van der Waals surface area (Å²) in [7, 11) is 2.95. The number of rotatable bonds is 6. The molecule has 0 aromatic rings. The van der Waals surface area contributed by atoms with Crippen molar-refractivity contribution in [1.82, 2.24) is 10.2 Å². The predicted molar refractivity (Wildman–Crippen MR) is 71.4 cm³/mol. The van der Waals surface area contributed by atoms with Gasteiger partial charge < -0.3 is 15.0 Å². The van der Waals surface area contributed by atoms with Gasteiger partial charge in [-0.15, -0.1) is 0 Å². The van der Waals surface area contributed by atoms with Crippen LogP contribution in [0.1, 0.15) is 40.5 Å². The molecule has 2 amide bonds. The second-order valence-electron chi connectivity index (χ2n) is 4.79. The van der Waals surface area contributed by atoms with E-state index in [0.29, 0.717) is 12.8 Å². The second-order valence-corrected chi connectivity index (χ2v) is 4.79. The molecular weight excluding hydrogens is 248 g/mol. The first-order valence-corrected chi connectivity index (χ1v) is 6.30. The van der Waals surface area contributed by atoms with Crippen LogP contribution in [0.15, 0.2) is 0 Å². The molecular formula is C13H24N2O4. The maximum Gasteiger partial charge on any atom is 0.331 e. The van der Waals surface area contributed by atoms with Gasteiger partial charge in [0.05, 0.1) is 7.11 Å². The maximum atomic E-state index is 12.0. The molecule has 6 nitrogen and oxygen atoms in total. The van der Waals surface area contributed by atoms with Crippen LogP contribution < -0.4 is 5.32 Å². The molecule has 2 atom stereocenters. The van der Waals surface area contributed by atoms with Crippen molar-refractivity contribution in [1.29, 1.82) is 0 Å². The number of methoxy groups -OCH3 is 1. The van der Waals surface area contributed by atoms with E-state index < -0.39 is 11.5 Å². The Labute approximate surface area is 114 Å². The lowest BCUT2D eigenvalue weighted by Crippen LogP contribution is -2.57. The van der Waals surface area contributed by atoms with Gasteiger partial charge in [-0.2, -0.15) is 0 Å². The van der Waals surface area contributed by atoms with Crippen molar-refractivity contribution >= 4 is 17.8 Å². The molecule has 0 saturated carbocycles. The molecule has 0 fully saturated rings. The number of nitrogens with one attached hydrogen (secondary N) is 1. The number of amides is 2. The number of hydrogen-bond acceptors (Lipinski definition) is 4. The van der Waals surface area contributed by atoms with E-state index in [9.17, 15) is 14.4 Å². The lowest BCUT2D eigenvalue weighted by atomic mass is 9.88. The first-order chi connectivity index (χ1) is 8.70. The van der Waals surface area contributed by atoms with Gasteiger partial charge in [-0.1, -0.05) is 6.92 Å². The molecule has 19 heavy (non-hydrogen) atoms. The quantitative estimate of drug-likeness (QED) is 0.722. The highest BCUT2D eigenvalue weighted by atomic mass is 16.5. The molecule has 0 heterocycles. The number of carbonyl (C=O) groups is 3. The fourth-order valence-electron chi connectivity index (χ4n) is 2.05. The first kappa shape index (κ1) is 17.4. The average molecular weight is 272 g/mol. The molecule has 0 aliphatic rings. The van der Waals surface area contributed by atoms with Gasteiger partial charge in [0.15, 0.2) is 0 Å². The van der Waals surface area contributed by atoms with Crippen molar-refractivity contribution in [2.24, 2.45) is 0 Å². The van der Waals surface area contributed by atoms with E-state index in [4.69, 9.17) is 4.74 Å². The maximum absolute atomic E-state index is 12.0. The molecule has 110 valence electrons. The van der Waals surface area contributed by atoms with Crippen molar-refractivity contribution in [3.63, 3.8) is 0 Å². The van der Waals surface area contributed by atoms with E-state index in [-0.39, 0.29) is 17.9 Å². The van der Waals surface area contributed by atoms with Gasteiger partial charge in [-0.05, 0) is 13.3 Å². The summed E-state index contributed by atoms with van der Waals surface area (Å²) in [6.07, 6.45) is 0.709. The minimum Gasteiger partial charge on any atom is -0.467 e. The SMILES string of the molecule is CCC(CC(C)N(C)C(C)=O)(NC(C)=O)C(=O)OC. The topological polar surface area (TPSA) is 75.7 Å². The van der Waals surface area contributed by atoms with E-state index in [1.54, 1.807) is 14.0 Å². The van der Waals surface area contributed by atoms with Gasteiger partial charge in [-0.25, -0.2) is 4.79 Å². The van der Waals surface area contributed by atoms with Crippen molar-refractivity contribution in [3.8, 4) is 0 Å². The molecule has 0 rings (SSSR count). The average Bonchev–Trinajstić information content (AvgIpc) is 2.34. The summed E-state index contributed by atoms with van der Waals surface area (Å²) in [4.78, 5) is 36.2. The van der Waals surface area contributed by atoms with Gasteiger partial charge in [-0.3, -0.25) is 9.59 Å². The first-order valence-electron chi connectivity index (χ1n) is 6.30. The second kappa shape index (κ2) is 7.11. The molecule has 0 bridgehead atoms. The number of ether oxygens (including phenoxy) is 1. The highest BCUT2D eigenvalue weighted by Crippen LogP contribution is 2.22. The number of esters is 1. The van der Waals surface area contributed by atoms with Crippen molar-refractivity contribution < 1.29 is 19.1 Å². The van der Waals surface area contributed by atoms with Crippen LogP contribution in [-0.2, 0) is 19.1 Å². The fourth-order valence-corrected chi connectivity index (χ4v) is 2.05. The Morgan fingerprint density at radius 1 is 1.32 bits per heavy atom. The predicted octanol–water partition coefficient (Wildman–Crippen LogP) is 0.701. The van der Waals surface area contributed by atoms with Crippen molar-refractivity contribution in [2.45, 2.75) is 52.1 Å². The Kier molecular flexibility index (Phi) is 6.52. The molecule has 2 unspecified atom stereocenters. The summed E-state index contributed by atoms with van der Waals surface area (Å²) >= 11 is 0. The van der Waals surface area contributed by atoms with Gasteiger partial charge in [0.1, 0.15) is 5.54 Å². The smallest absolute Gasteiger partial charge is 0.331 e. The number of hydrogen-bond donors (Lipinski definition) is 1. The van der Waals surface area contributed by atoms with E-state index >= 15 is 0 Å². The summed E-state index contributed by atoms with van der Waals surface area (Å²) in [5.74, 6) is -0.885. The van der Waals surface area contributed by atoms with Gasteiger partial charge >= 0.3 is 5.97 Å². The zero-order valence-corrected chi connectivity index (χ0v) is 12.6. The standard InChI is InChI=1S/C13H24N2O4/c1-7-13(12(18)19-6,14-10(3)16)8-9(2)15(5)11(4)17/h9H,7-8H2,1-6H3,(H,14,16). The lowest BCUT2D eigenvalue weighted by Gasteiger charge is -2.35. The number of nitrogens with zero attached hydrogens (tertiary/aromatic N) is 1. The Morgan fingerprint density at radius 3 is 2.16 bits per heavy atom. The third-order valence-corrected chi connectivity index (χ3v) is 3.40. The summed E-state index contributed by atoms with van der Waals surface area (Å²) in [5, 5.41) is 2.67. The molecule has 0 aliphatic heterocycles. The van der Waals surface area contributed by atoms with Crippen LogP contribution in [0.3, 0.4) is 0 Å². The zero-order chi connectivity index (χ0) is 15.2. The fraction of sp³-hybridized carbons (Fsp3) is 0.769. The minimum absolute atomic E-state index is 0.0924. The summed E-state index contributed by atoms with van der Waals surface area (Å²) in [6, 6.07) is -0.191. The monoisotopic (exact) mass is 272 g/mol. The molecule has 0 radical (unpaired) electrons. The van der Waals surface area contributed by atoms with Crippen LogP contribution in [0.5, 0.6) is 0 Å². The van der Waals surface area contributed by atoms with Gasteiger partial charge in [0.2, 0.25) is 11.8 Å². The van der Waals surface area contributed by atoms with Crippen LogP contribution >= 0.6 is 0 Å². The van der Waals surface area contributed by atoms with E-state index in [1.165, 1.54) is 25.9 Å². The zero-order valence-electron chi connectivity index (χ0n) is 12.6. The van der Waals surface area contributed by atoms with Gasteiger partial charge in [0.25, 0.3) is 0 Å². The molecule has 0 aliphatic carbocycles. The molecule has 0 aromatic heterocycles. The lowest BCUT2D eigenvalue weighted by molar-refractivity contribution is -0.152. The third kappa shape index (κ3) is 4.54. The Balaban J connectivity index is 5.19. The molecule has 0 saturated heterocycles. The van der Waals surface area contributed by atoms with Crippen molar-refractivity contribution in [2.75, 3.05) is 14.2 Å².